The zero-order valence-electron chi connectivity index (χ0n) is 18.0. The highest BCUT2D eigenvalue weighted by Gasteiger charge is 2.21. The molecule has 0 aliphatic carbocycles. The average molecular weight is 437 g/mol. The van der Waals surface area contributed by atoms with Crippen molar-refractivity contribution in [3.05, 3.63) is 114 Å². The molecule has 1 heterocycles. The Morgan fingerprint density at radius 2 is 1.12 bits per heavy atom. The molecule has 4 rings (SSSR count). The Hall–Kier alpha value is -3.41. The van der Waals surface area contributed by atoms with Crippen molar-refractivity contribution in [1.29, 1.82) is 0 Å². The van der Waals surface area contributed by atoms with Gasteiger partial charge in [-0.3, -0.25) is 0 Å². The summed E-state index contributed by atoms with van der Waals surface area (Å²) in [7, 11) is -6.00. The van der Waals surface area contributed by atoms with E-state index in [4.69, 9.17) is 0 Å². The van der Waals surface area contributed by atoms with Gasteiger partial charge in [-0.25, -0.2) is 0 Å². The molecule has 0 saturated carbocycles. The summed E-state index contributed by atoms with van der Waals surface area (Å²) in [6, 6.07) is 34.7. The maximum absolute atomic E-state index is 9.75. The lowest BCUT2D eigenvalue weighted by Crippen LogP contribution is -2.40. The Kier molecular flexibility index (Phi) is 7.47. The minimum absolute atomic E-state index is 0.866. The molecule has 0 bridgehead atoms. The Balaban J connectivity index is 0.000000523. The monoisotopic (exact) mass is 437 g/mol. The summed E-state index contributed by atoms with van der Waals surface area (Å²) in [5, 5.41) is 0. The first-order valence-corrected chi connectivity index (χ1v) is 10.3. The molecule has 32 heavy (non-hydrogen) atoms. The largest absolute Gasteiger partial charge is 0.673 e. The zero-order chi connectivity index (χ0) is 23.1. The van der Waals surface area contributed by atoms with Crippen molar-refractivity contribution in [3.63, 3.8) is 0 Å². The van der Waals surface area contributed by atoms with E-state index >= 15 is 0 Å². The van der Waals surface area contributed by atoms with Crippen molar-refractivity contribution in [3.8, 4) is 22.4 Å². The molecule has 4 aromatic rings. The molecule has 1 nitrogen and oxygen atoms in total. The van der Waals surface area contributed by atoms with Crippen molar-refractivity contribution >= 4 is 7.25 Å². The number of hydrogen-bond donors (Lipinski definition) is 0. The first kappa shape index (κ1) is 23.3. The number of rotatable bonds is 4. The van der Waals surface area contributed by atoms with E-state index in [2.05, 4.69) is 115 Å². The van der Waals surface area contributed by atoms with E-state index < -0.39 is 7.25 Å². The fourth-order valence-electron chi connectivity index (χ4n) is 3.49. The third-order valence-electron chi connectivity index (χ3n) is 5.01. The zero-order valence-corrected chi connectivity index (χ0v) is 18.0. The smallest absolute Gasteiger partial charge is 0.418 e. The second kappa shape index (κ2) is 10.3. The summed E-state index contributed by atoms with van der Waals surface area (Å²) in [5.74, 6) is 0. The van der Waals surface area contributed by atoms with Crippen LogP contribution >= 0.6 is 0 Å². The number of halogens is 4. The van der Waals surface area contributed by atoms with Crippen molar-refractivity contribution in [2.45, 2.75) is 20.4 Å². The van der Waals surface area contributed by atoms with E-state index in [-0.39, 0.29) is 0 Å². The topological polar surface area (TPSA) is 3.88 Å². The van der Waals surface area contributed by atoms with Crippen LogP contribution in [0.15, 0.2) is 97.1 Å². The van der Waals surface area contributed by atoms with Gasteiger partial charge in [-0.15, -0.1) is 0 Å². The van der Waals surface area contributed by atoms with Crippen LogP contribution in [-0.2, 0) is 6.54 Å². The third-order valence-corrected chi connectivity index (χ3v) is 5.01. The minimum Gasteiger partial charge on any atom is -0.418 e. The molecule has 0 saturated heterocycles. The van der Waals surface area contributed by atoms with Gasteiger partial charge in [0.15, 0.2) is 12.2 Å². The molecule has 0 atom stereocenters. The molecule has 3 aromatic carbocycles. The predicted octanol–water partition coefficient (Wildman–Crippen LogP) is 7.27. The van der Waals surface area contributed by atoms with Crippen molar-refractivity contribution in [2.24, 2.45) is 0 Å². The molecule has 0 aliphatic rings. The molecule has 164 valence electrons. The van der Waals surface area contributed by atoms with Gasteiger partial charge in [0.05, 0.1) is 0 Å². The van der Waals surface area contributed by atoms with E-state index in [1.807, 2.05) is 0 Å². The van der Waals surface area contributed by atoms with Crippen molar-refractivity contribution in [1.82, 2.24) is 0 Å². The first-order valence-electron chi connectivity index (χ1n) is 10.3. The van der Waals surface area contributed by atoms with E-state index in [0.29, 0.717) is 0 Å². The second-order valence-corrected chi connectivity index (χ2v) is 7.57. The molecule has 0 aliphatic heterocycles. The van der Waals surface area contributed by atoms with Crippen molar-refractivity contribution < 1.29 is 21.8 Å². The van der Waals surface area contributed by atoms with Gasteiger partial charge < -0.3 is 17.3 Å². The lowest BCUT2D eigenvalue weighted by molar-refractivity contribution is -0.683. The maximum atomic E-state index is 9.75. The fraction of sp³-hybridized carbons (Fsp3) is 0.115. The average Bonchev–Trinajstić information content (AvgIpc) is 2.76. The second-order valence-electron chi connectivity index (χ2n) is 7.57. The van der Waals surface area contributed by atoms with Gasteiger partial charge in [-0.2, -0.15) is 4.57 Å². The summed E-state index contributed by atoms with van der Waals surface area (Å²) in [5.41, 5.74) is 8.87. The number of benzene rings is 3. The lowest BCUT2D eigenvalue weighted by Gasteiger charge is -2.11. The van der Waals surface area contributed by atoms with E-state index in [1.54, 1.807) is 0 Å². The Labute approximate surface area is 186 Å². The predicted molar refractivity (Wildman–Crippen MR) is 123 cm³/mol. The summed E-state index contributed by atoms with van der Waals surface area (Å²) in [6.45, 7) is 5.20. The van der Waals surface area contributed by atoms with Crippen LogP contribution in [0.2, 0.25) is 0 Å². The van der Waals surface area contributed by atoms with Crippen molar-refractivity contribution in [2.75, 3.05) is 0 Å². The fourth-order valence-corrected chi connectivity index (χ4v) is 3.49. The van der Waals surface area contributed by atoms with Crippen LogP contribution in [0.1, 0.15) is 16.8 Å². The number of hydrogen-bond acceptors (Lipinski definition) is 0. The molecule has 0 unspecified atom stereocenters. The highest BCUT2D eigenvalue weighted by molar-refractivity contribution is 6.50. The molecular weight excluding hydrogens is 413 g/mol. The molecule has 0 amide bonds. The lowest BCUT2D eigenvalue weighted by atomic mass is 10.0. The van der Waals surface area contributed by atoms with E-state index in [1.165, 1.54) is 39.2 Å². The number of nitrogens with zero attached hydrogens (tertiary/aromatic N) is 1. The summed E-state index contributed by atoms with van der Waals surface area (Å²) >= 11 is 0. The summed E-state index contributed by atoms with van der Waals surface area (Å²) in [6.07, 6.45) is 0. The van der Waals surface area contributed by atoms with Crippen LogP contribution < -0.4 is 4.57 Å². The Morgan fingerprint density at radius 1 is 0.625 bits per heavy atom. The summed E-state index contributed by atoms with van der Waals surface area (Å²) in [4.78, 5) is 0. The standard InChI is InChI=1S/C26H24N.BF4/c1-20-13-15-22(16-14-20)19-27-21(2)17-25(23-9-5-3-6-10-23)18-26(27)24-11-7-4-8-12-24;2-1(3,4)5/h3-18H,19H2,1-2H3;/q+1;-1. The normalized spacial score (nSPS) is 10.9. The molecule has 0 fully saturated rings. The van der Waals surface area contributed by atoms with Crippen LogP contribution in [0.4, 0.5) is 17.3 Å². The molecular formula is C26H24BF4N. The van der Waals surface area contributed by atoms with Gasteiger partial charge in [0.2, 0.25) is 5.69 Å². The highest BCUT2D eigenvalue weighted by Crippen LogP contribution is 2.25. The van der Waals surface area contributed by atoms with Crippen LogP contribution in [0.25, 0.3) is 22.4 Å². The minimum atomic E-state index is -6.00. The number of aromatic nitrogens is 1. The van der Waals surface area contributed by atoms with Gasteiger partial charge in [-0.05, 0) is 30.2 Å². The molecule has 6 heteroatoms. The quantitative estimate of drug-likeness (QED) is 0.180. The van der Waals surface area contributed by atoms with Crippen LogP contribution in [0.5, 0.6) is 0 Å². The molecule has 1 aromatic heterocycles. The Bertz CT molecular complexity index is 1140. The van der Waals surface area contributed by atoms with Crippen LogP contribution in [-0.4, -0.2) is 7.25 Å². The highest BCUT2D eigenvalue weighted by atomic mass is 19.5. The Morgan fingerprint density at radius 3 is 1.66 bits per heavy atom. The number of pyridine rings is 1. The molecule has 0 N–H and O–H groups in total. The van der Waals surface area contributed by atoms with Gasteiger partial charge in [0.1, 0.15) is 0 Å². The van der Waals surface area contributed by atoms with Gasteiger partial charge in [0, 0.05) is 30.2 Å². The van der Waals surface area contributed by atoms with Gasteiger partial charge in [-0.1, -0.05) is 78.4 Å². The van der Waals surface area contributed by atoms with Gasteiger partial charge >= 0.3 is 7.25 Å². The van der Waals surface area contributed by atoms with E-state index in [9.17, 15) is 17.3 Å². The summed E-state index contributed by atoms with van der Waals surface area (Å²) < 4.78 is 41.4. The molecule has 0 spiro atoms. The number of aryl methyl sites for hydroxylation is 2. The first-order chi connectivity index (χ1) is 15.2. The SMILES string of the molecule is Cc1ccc(C[n+]2c(C)cc(-c3ccccc3)cc2-c2ccccc2)cc1.F[B-](F)(F)F. The molecule has 0 radical (unpaired) electrons. The third kappa shape index (κ3) is 6.81. The van der Waals surface area contributed by atoms with Gasteiger partial charge in [0.25, 0.3) is 0 Å². The van der Waals surface area contributed by atoms with Crippen LogP contribution in [0, 0.1) is 13.8 Å². The van der Waals surface area contributed by atoms with Crippen LogP contribution in [0.3, 0.4) is 0 Å². The maximum Gasteiger partial charge on any atom is 0.673 e. The van der Waals surface area contributed by atoms with E-state index in [0.717, 1.165) is 6.54 Å².